The lowest BCUT2D eigenvalue weighted by molar-refractivity contribution is 0.0988. The fourth-order valence-corrected chi connectivity index (χ4v) is 1.87. The number of aryl methyl sites for hydroxylation is 2. The maximum absolute atomic E-state index is 11.5. The molecular formula is C15H18N2O2. The van der Waals surface area contributed by atoms with Gasteiger partial charge in [0.05, 0.1) is 18.9 Å². The average Bonchev–Trinajstić information content (AvgIpc) is 2.93. The number of ether oxygens (including phenoxy) is 1. The van der Waals surface area contributed by atoms with Gasteiger partial charge in [0, 0.05) is 19.2 Å². The summed E-state index contributed by atoms with van der Waals surface area (Å²) >= 11 is 0. The summed E-state index contributed by atoms with van der Waals surface area (Å²) in [6.07, 6.45) is 4.85. The van der Waals surface area contributed by atoms with Gasteiger partial charge in [-0.05, 0) is 24.1 Å². The number of hydrogen-bond acceptors (Lipinski definition) is 3. The zero-order valence-corrected chi connectivity index (χ0v) is 11.3. The molecule has 0 fully saturated rings. The molecule has 2 rings (SSSR count). The molecule has 0 N–H and O–H groups in total. The molecule has 4 heteroatoms. The fourth-order valence-electron chi connectivity index (χ4n) is 1.87. The Labute approximate surface area is 113 Å². The zero-order chi connectivity index (χ0) is 13.7. The molecule has 1 aromatic carbocycles. The van der Waals surface area contributed by atoms with Crippen LogP contribution in [0.5, 0.6) is 5.75 Å². The van der Waals surface area contributed by atoms with Crippen LogP contribution in [0.1, 0.15) is 29.3 Å². The highest BCUT2D eigenvalue weighted by molar-refractivity contribution is 5.95. The van der Waals surface area contributed by atoms with Crippen molar-refractivity contribution in [2.75, 3.05) is 7.11 Å². The molecule has 0 unspecified atom stereocenters. The lowest BCUT2D eigenvalue weighted by Crippen LogP contribution is -2.02. The lowest BCUT2D eigenvalue weighted by Gasteiger charge is -2.04. The van der Waals surface area contributed by atoms with Crippen LogP contribution in [-0.4, -0.2) is 22.7 Å². The first kappa shape index (κ1) is 13.3. The smallest absolute Gasteiger partial charge is 0.165 e. The van der Waals surface area contributed by atoms with Gasteiger partial charge in [0.15, 0.2) is 5.78 Å². The van der Waals surface area contributed by atoms with Crippen molar-refractivity contribution in [3.05, 3.63) is 47.8 Å². The standard InChI is InChI=1S/C15H18N2O2/c1-3-15(18)13-10-16-17(11-13)9-8-12-4-6-14(19-2)7-5-12/h4-7,10-11H,3,8-9H2,1-2H3. The van der Waals surface area contributed by atoms with Crippen LogP contribution in [-0.2, 0) is 13.0 Å². The SMILES string of the molecule is CCC(=O)c1cnn(CCc2ccc(OC)cc2)c1. The zero-order valence-electron chi connectivity index (χ0n) is 11.3. The topological polar surface area (TPSA) is 44.1 Å². The molecule has 0 aliphatic carbocycles. The van der Waals surface area contributed by atoms with E-state index in [9.17, 15) is 4.79 Å². The van der Waals surface area contributed by atoms with Crippen molar-refractivity contribution < 1.29 is 9.53 Å². The van der Waals surface area contributed by atoms with E-state index in [0.29, 0.717) is 12.0 Å². The van der Waals surface area contributed by atoms with E-state index in [1.54, 1.807) is 13.3 Å². The highest BCUT2D eigenvalue weighted by Crippen LogP contribution is 2.12. The Kier molecular flexibility index (Phi) is 4.34. The Balaban J connectivity index is 1.94. The van der Waals surface area contributed by atoms with Gasteiger partial charge in [0.2, 0.25) is 0 Å². The molecule has 100 valence electrons. The first-order valence-electron chi connectivity index (χ1n) is 6.41. The second-order valence-corrected chi connectivity index (χ2v) is 4.37. The van der Waals surface area contributed by atoms with Crippen molar-refractivity contribution in [3.63, 3.8) is 0 Å². The molecule has 0 bridgehead atoms. The highest BCUT2D eigenvalue weighted by Gasteiger charge is 2.06. The van der Waals surface area contributed by atoms with Crippen LogP contribution >= 0.6 is 0 Å². The van der Waals surface area contributed by atoms with Gasteiger partial charge in [-0.15, -0.1) is 0 Å². The van der Waals surface area contributed by atoms with Crippen LogP contribution in [0.25, 0.3) is 0 Å². The second-order valence-electron chi connectivity index (χ2n) is 4.37. The molecule has 0 saturated heterocycles. The average molecular weight is 258 g/mol. The minimum absolute atomic E-state index is 0.135. The van der Waals surface area contributed by atoms with Crippen LogP contribution in [0, 0.1) is 0 Å². The number of ketones is 1. The van der Waals surface area contributed by atoms with E-state index >= 15 is 0 Å². The summed E-state index contributed by atoms with van der Waals surface area (Å²) in [5, 5.41) is 4.21. The van der Waals surface area contributed by atoms with E-state index < -0.39 is 0 Å². The summed E-state index contributed by atoms with van der Waals surface area (Å²) in [5.74, 6) is 0.995. The third-order valence-corrected chi connectivity index (χ3v) is 3.06. The van der Waals surface area contributed by atoms with Crippen molar-refractivity contribution in [1.29, 1.82) is 0 Å². The summed E-state index contributed by atoms with van der Waals surface area (Å²) in [4.78, 5) is 11.5. The van der Waals surface area contributed by atoms with E-state index in [4.69, 9.17) is 4.74 Å². The molecule has 0 saturated carbocycles. The number of Topliss-reactive ketones (excluding diaryl/α,β-unsaturated/α-hetero) is 1. The van der Waals surface area contributed by atoms with Crippen molar-refractivity contribution in [2.24, 2.45) is 0 Å². The van der Waals surface area contributed by atoms with Gasteiger partial charge in [-0.1, -0.05) is 19.1 Å². The molecule has 0 radical (unpaired) electrons. The number of nitrogens with zero attached hydrogens (tertiary/aromatic N) is 2. The fraction of sp³-hybridized carbons (Fsp3) is 0.333. The monoisotopic (exact) mass is 258 g/mol. The summed E-state index contributed by atoms with van der Waals surface area (Å²) < 4.78 is 6.93. The van der Waals surface area contributed by atoms with Gasteiger partial charge in [0.25, 0.3) is 0 Å². The summed E-state index contributed by atoms with van der Waals surface area (Å²) in [7, 11) is 1.66. The Morgan fingerprint density at radius 2 is 2.05 bits per heavy atom. The molecule has 1 aromatic heterocycles. The largest absolute Gasteiger partial charge is 0.497 e. The van der Waals surface area contributed by atoms with E-state index in [-0.39, 0.29) is 5.78 Å². The first-order chi connectivity index (χ1) is 9.22. The molecule has 0 aliphatic heterocycles. The maximum atomic E-state index is 11.5. The van der Waals surface area contributed by atoms with Gasteiger partial charge in [-0.3, -0.25) is 9.48 Å². The summed E-state index contributed by atoms with van der Waals surface area (Å²) in [5.41, 5.74) is 1.91. The molecule has 4 nitrogen and oxygen atoms in total. The van der Waals surface area contributed by atoms with Crippen molar-refractivity contribution in [2.45, 2.75) is 26.3 Å². The minimum Gasteiger partial charge on any atom is -0.497 e. The number of benzene rings is 1. The quantitative estimate of drug-likeness (QED) is 0.748. The highest BCUT2D eigenvalue weighted by atomic mass is 16.5. The van der Waals surface area contributed by atoms with E-state index in [1.165, 1.54) is 5.56 Å². The molecular weight excluding hydrogens is 240 g/mol. The number of aromatic nitrogens is 2. The maximum Gasteiger partial charge on any atom is 0.165 e. The van der Waals surface area contributed by atoms with Crippen LogP contribution < -0.4 is 4.74 Å². The number of rotatable bonds is 6. The Morgan fingerprint density at radius 1 is 1.32 bits per heavy atom. The van der Waals surface area contributed by atoms with Gasteiger partial charge >= 0.3 is 0 Å². The number of carbonyl (C=O) groups excluding carboxylic acids is 1. The molecule has 0 amide bonds. The van der Waals surface area contributed by atoms with Crippen LogP contribution in [0.2, 0.25) is 0 Å². The Hall–Kier alpha value is -2.10. The van der Waals surface area contributed by atoms with E-state index in [0.717, 1.165) is 18.7 Å². The van der Waals surface area contributed by atoms with Crippen molar-refractivity contribution in [1.82, 2.24) is 9.78 Å². The first-order valence-corrected chi connectivity index (χ1v) is 6.41. The normalized spacial score (nSPS) is 10.4. The lowest BCUT2D eigenvalue weighted by atomic mass is 10.1. The number of carbonyl (C=O) groups is 1. The molecule has 19 heavy (non-hydrogen) atoms. The molecule has 0 spiro atoms. The van der Waals surface area contributed by atoms with Gasteiger partial charge in [-0.2, -0.15) is 5.10 Å². The van der Waals surface area contributed by atoms with Crippen LogP contribution in [0.4, 0.5) is 0 Å². The molecule has 0 atom stereocenters. The third kappa shape index (κ3) is 3.44. The molecule has 0 aliphatic rings. The van der Waals surface area contributed by atoms with E-state index in [2.05, 4.69) is 5.10 Å². The second kappa shape index (κ2) is 6.18. The van der Waals surface area contributed by atoms with E-state index in [1.807, 2.05) is 42.1 Å². The summed E-state index contributed by atoms with van der Waals surface area (Å²) in [6.45, 7) is 2.63. The number of methoxy groups -OCH3 is 1. The minimum atomic E-state index is 0.135. The van der Waals surface area contributed by atoms with Gasteiger partial charge in [-0.25, -0.2) is 0 Å². The molecule has 1 heterocycles. The van der Waals surface area contributed by atoms with Crippen molar-refractivity contribution in [3.8, 4) is 5.75 Å². The van der Waals surface area contributed by atoms with Gasteiger partial charge in [0.1, 0.15) is 5.75 Å². The number of hydrogen-bond donors (Lipinski definition) is 0. The van der Waals surface area contributed by atoms with Crippen LogP contribution in [0.15, 0.2) is 36.7 Å². The van der Waals surface area contributed by atoms with Crippen LogP contribution in [0.3, 0.4) is 0 Å². The van der Waals surface area contributed by atoms with Crippen molar-refractivity contribution >= 4 is 5.78 Å². The predicted molar refractivity (Wildman–Crippen MR) is 73.5 cm³/mol. The summed E-state index contributed by atoms with van der Waals surface area (Å²) in [6, 6.07) is 7.98. The predicted octanol–water partition coefficient (Wildman–Crippen LogP) is 2.73. The Morgan fingerprint density at radius 3 is 2.68 bits per heavy atom. The van der Waals surface area contributed by atoms with Gasteiger partial charge < -0.3 is 4.74 Å². The molecule has 2 aromatic rings. The third-order valence-electron chi connectivity index (χ3n) is 3.06. The Bertz CT molecular complexity index is 544.